The van der Waals surface area contributed by atoms with Crippen LogP contribution in [-0.4, -0.2) is 50.9 Å². The summed E-state index contributed by atoms with van der Waals surface area (Å²) in [6.07, 6.45) is 0. The number of rotatable bonds is 4. The van der Waals surface area contributed by atoms with E-state index < -0.39 is 10.0 Å². The Morgan fingerprint density at radius 2 is 2.11 bits per heavy atom. The molecule has 0 amide bonds. The molecule has 1 aromatic rings. The van der Waals surface area contributed by atoms with Crippen molar-refractivity contribution in [1.82, 2.24) is 14.9 Å². The standard InChI is InChI=1S/C11H16N4O3S/c16-7-6-15-8-12-11(13-9-15)14-19(17,18)10-4-2-1-3-5-10/h1-5,16H,6-9H2,(H2,12,13,14). The van der Waals surface area contributed by atoms with Gasteiger partial charge in [-0.2, -0.15) is 0 Å². The molecule has 0 spiro atoms. The van der Waals surface area contributed by atoms with E-state index in [1.807, 2.05) is 4.90 Å². The van der Waals surface area contributed by atoms with Crippen molar-refractivity contribution in [2.75, 3.05) is 26.5 Å². The Bertz CT molecular complexity index is 544. The van der Waals surface area contributed by atoms with Crippen LogP contribution in [0.15, 0.2) is 40.2 Å². The van der Waals surface area contributed by atoms with Crippen molar-refractivity contribution in [3.05, 3.63) is 30.3 Å². The molecule has 0 radical (unpaired) electrons. The quantitative estimate of drug-likeness (QED) is 0.668. The molecule has 0 atom stereocenters. The van der Waals surface area contributed by atoms with E-state index in [9.17, 15) is 8.42 Å². The molecule has 0 saturated carbocycles. The van der Waals surface area contributed by atoms with Crippen LogP contribution in [0.1, 0.15) is 0 Å². The summed E-state index contributed by atoms with van der Waals surface area (Å²) in [5.74, 6) is 0.220. The predicted octanol–water partition coefficient (Wildman–Crippen LogP) is -0.867. The summed E-state index contributed by atoms with van der Waals surface area (Å²) in [6.45, 7) is 1.33. The molecule has 3 N–H and O–H groups in total. The van der Waals surface area contributed by atoms with Crippen LogP contribution in [-0.2, 0) is 10.0 Å². The molecule has 0 fully saturated rings. The number of aliphatic imine (C=N–C) groups is 1. The molecule has 7 nitrogen and oxygen atoms in total. The van der Waals surface area contributed by atoms with Crippen molar-refractivity contribution < 1.29 is 13.5 Å². The molecule has 1 heterocycles. The van der Waals surface area contributed by atoms with Gasteiger partial charge >= 0.3 is 0 Å². The molecule has 1 aliphatic heterocycles. The van der Waals surface area contributed by atoms with E-state index in [1.54, 1.807) is 18.2 Å². The molecule has 1 aliphatic rings. The average molecular weight is 284 g/mol. The van der Waals surface area contributed by atoms with Crippen molar-refractivity contribution in [2.24, 2.45) is 4.99 Å². The highest BCUT2D eigenvalue weighted by Gasteiger charge is 2.18. The van der Waals surface area contributed by atoms with Gasteiger partial charge in [0.25, 0.3) is 10.0 Å². The van der Waals surface area contributed by atoms with Crippen LogP contribution < -0.4 is 10.0 Å². The van der Waals surface area contributed by atoms with Crippen LogP contribution >= 0.6 is 0 Å². The van der Waals surface area contributed by atoms with Gasteiger partial charge < -0.3 is 10.4 Å². The van der Waals surface area contributed by atoms with Crippen molar-refractivity contribution >= 4 is 16.0 Å². The molecule has 0 bridgehead atoms. The second-order valence-electron chi connectivity index (χ2n) is 4.02. The zero-order valence-corrected chi connectivity index (χ0v) is 11.1. The van der Waals surface area contributed by atoms with Gasteiger partial charge in [0.2, 0.25) is 5.96 Å². The van der Waals surface area contributed by atoms with Crippen LogP contribution in [0.2, 0.25) is 0 Å². The number of benzene rings is 1. The fourth-order valence-corrected chi connectivity index (χ4v) is 2.63. The van der Waals surface area contributed by atoms with E-state index in [4.69, 9.17) is 5.11 Å². The number of aliphatic hydroxyl groups is 1. The van der Waals surface area contributed by atoms with Crippen molar-refractivity contribution in [2.45, 2.75) is 4.90 Å². The summed E-state index contributed by atoms with van der Waals surface area (Å²) in [5.41, 5.74) is 0. The minimum Gasteiger partial charge on any atom is -0.395 e. The predicted molar refractivity (Wildman–Crippen MR) is 70.9 cm³/mol. The summed E-state index contributed by atoms with van der Waals surface area (Å²) in [4.78, 5) is 6.11. The molecule has 2 rings (SSSR count). The number of aliphatic hydroxyl groups excluding tert-OH is 1. The van der Waals surface area contributed by atoms with Gasteiger partial charge in [-0.1, -0.05) is 18.2 Å². The molecule has 0 aromatic heterocycles. The normalized spacial score (nSPS) is 16.6. The van der Waals surface area contributed by atoms with Crippen LogP contribution in [0.3, 0.4) is 0 Å². The lowest BCUT2D eigenvalue weighted by Crippen LogP contribution is -2.50. The number of guanidine groups is 1. The number of nitrogens with zero attached hydrogens (tertiary/aromatic N) is 2. The zero-order chi connectivity index (χ0) is 13.7. The van der Waals surface area contributed by atoms with Crippen LogP contribution in [0.4, 0.5) is 0 Å². The van der Waals surface area contributed by atoms with Gasteiger partial charge in [0.05, 0.1) is 24.8 Å². The summed E-state index contributed by atoms with van der Waals surface area (Å²) < 4.78 is 26.4. The smallest absolute Gasteiger partial charge is 0.264 e. The van der Waals surface area contributed by atoms with Gasteiger partial charge in [-0.25, -0.2) is 18.1 Å². The van der Waals surface area contributed by atoms with Gasteiger partial charge in [-0.15, -0.1) is 0 Å². The second kappa shape index (κ2) is 6.00. The molecule has 0 unspecified atom stereocenters. The molecular formula is C11H16N4O3S. The number of sulfonamides is 1. The van der Waals surface area contributed by atoms with Gasteiger partial charge in [-0.3, -0.25) is 4.90 Å². The molecule has 0 saturated heterocycles. The Balaban J connectivity index is 2.02. The third kappa shape index (κ3) is 3.66. The van der Waals surface area contributed by atoms with E-state index in [0.717, 1.165) is 0 Å². The lowest BCUT2D eigenvalue weighted by atomic mass is 10.4. The Labute approximate surface area is 112 Å². The first-order chi connectivity index (χ1) is 9.12. The third-order valence-corrected chi connectivity index (χ3v) is 3.95. The fraction of sp³-hybridized carbons (Fsp3) is 0.364. The zero-order valence-electron chi connectivity index (χ0n) is 10.3. The first-order valence-corrected chi connectivity index (χ1v) is 7.29. The molecule has 1 aromatic carbocycles. The van der Waals surface area contributed by atoms with Crippen LogP contribution in [0.5, 0.6) is 0 Å². The van der Waals surface area contributed by atoms with Gasteiger partial charge in [0, 0.05) is 6.54 Å². The Hall–Kier alpha value is -1.64. The average Bonchev–Trinajstić information content (AvgIpc) is 2.42. The summed E-state index contributed by atoms with van der Waals surface area (Å²) in [7, 11) is -3.60. The molecule has 8 heteroatoms. The number of hydrogen-bond acceptors (Lipinski definition) is 6. The Morgan fingerprint density at radius 1 is 1.37 bits per heavy atom. The monoisotopic (exact) mass is 284 g/mol. The lowest BCUT2D eigenvalue weighted by Gasteiger charge is -2.26. The Morgan fingerprint density at radius 3 is 2.68 bits per heavy atom. The van der Waals surface area contributed by atoms with Crippen LogP contribution in [0.25, 0.3) is 0 Å². The van der Waals surface area contributed by atoms with Crippen molar-refractivity contribution in [3.8, 4) is 0 Å². The summed E-state index contributed by atoms with van der Waals surface area (Å²) >= 11 is 0. The topological polar surface area (TPSA) is 94.0 Å². The van der Waals surface area contributed by atoms with Gasteiger partial charge in [0.15, 0.2) is 0 Å². The van der Waals surface area contributed by atoms with E-state index in [1.165, 1.54) is 12.1 Å². The van der Waals surface area contributed by atoms with E-state index in [0.29, 0.717) is 19.9 Å². The maximum absolute atomic E-state index is 12.0. The highest BCUT2D eigenvalue weighted by Crippen LogP contribution is 2.07. The molecule has 104 valence electrons. The van der Waals surface area contributed by atoms with Crippen molar-refractivity contribution in [1.29, 1.82) is 0 Å². The molecule has 19 heavy (non-hydrogen) atoms. The number of nitrogens with one attached hydrogen (secondary N) is 2. The lowest BCUT2D eigenvalue weighted by molar-refractivity contribution is 0.190. The first-order valence-electron chi connectivity index (χ1n) is 5.81. The summed E-state index contributed by atoms with van der Waals surface area (Å²) in [6, 6.07) is 8.11. The first kappa shape index (κ1) is 13.8. The van der Waals surface area contributed by atoms with Gasteiger partial charge in [0.1, 0.15) is 0 Å². The minimum atomic E-state index is -3.60. The highest BCUT2D eigenvalue weighted by molar-refractivity contribution is 7.90. The maximum Gasteiger partial charge on any atom is 0.264 e. The number of hydrogen-bond donors (Lipinski definition) is 3. The molecular weight excluding hydrogens is 268 g/mol. The van der Waals surface area contributed by atoms with Gasteiger partial charge in [-0.05, 0) is 12.1 Å². The largest absolute Gasteiger partial charge is 0.395 e. The fourth-order valence-electron chi connectivity index (χ4n) is 1.61. The highest BCUT2D eigenvalue weighted by atomic mass is 32.2. The maximum atomic E-state index is 12.0. The third-order valence-electron chi connectivity index (χ3n) is 2.60. The molecule has 0 aliphatic carbocycles. The Kier molecular flexibility index (Phi) is 4.35. The van der Waals surface area contributed by atoms with E-state index in [2.05, 4.69) is 15.0 Å². The second-order valence-corrected chi connectivity index (χ2v) is 5.70. The number of β-amino-alcohol motifs (C(OH)–C–C–N with tert-alkyl or cyclic N) is 1. The minimum absolute atomic E-state index is 0.0439. The van der Waals surface area contributed by atoms with Crippen molar-refractivity contribution in [3.63, 3.8) is 0 Å². The SMILES string of the molecule is O=S(=O)(NC1=NCN(CCO)CN1)c1ccccc1. The van der Waals surface area contributed by atoms with E-state index in [-0.39, 0.29) is 17.5 Å². The summed E-state index contributed by atoms with van der Waals surface area (Å²) in [5, 5.41) is 11.6. The van der Waals surface area contributed by atoms with Crippen LogP contribution in [0, 0.1) is 0 Å². The van der Waals surface area contributed by atoms with E-state index >= 15 is 0 Å².